The van der Waals surface area contributed by atoms with Gasteiger partial charge in [0.05, 0.1) is 0 Å². The van der Waals surface area contributed by atoms with Crippen LogP contribution in [0.3, 0.4) is 0 Å². The first-order chi connectivity index (χ1) is 4.61. The molecule has 0 amide bonds. The van der Waals surface area contributed by atoms with E-state index in [4.69, 9.17) is 0 Å². The Morgan fingerprint density at radius 3 is 1.42 bits per heavy atom. The third kappa shape index (κ3) is 4.09. The van der Waals surface area contributed by atoms with Crippen molar-refractivity contribution in [3.05, 3.63) is 34.4 Å². The first kappa shape index (κ1) is 15.9. The number of hydrogen-bond acceptors (Lipinski definition) is 0. The van der Waals surface area contributed by atoms with Crippen molar-refractivity contribution in [1.29, 1.82) is 0 Å². The van der Waals surface area contributed by atoms with Gasteiger partial charge >= 0.3 is 0 Å². The minimum atomic E-state index is 0. The SMILES string of the molecule is Cc1[c-]c(C)c(C)c(C)[c-]1.[Y].[Y]. The predicted molar refractivity (Wildman–Crippen MR) is 43.1 cm³/mol. The van der Waals surface area contributed by atoms with Gasteiger partial charge in [-0.3, -0.25) is 22.3 Å². The Morgan fingerprint density at radius 2 is 1.08 bits per heavy atom. The number of benzene rings is 1. The molecule has 0 aliphatic heterocycles. The molecule has 0 nitrogen and oxygen atoms in total. The van der Waals surface area contributed by atoms with Crippen molar-refractivity contribution < 1.29 is 65.4 Å². The van der Waals surface area contributed by atoms with Crippen LogP contribution in [0.15, 0.2) is 0 Å². The maximum absolute atomic E-state index is 3.22. The van der Waals surface area contributed by atoms with E-state index in [1.54, 1.807) is 0 Å². The minimum Gasteiger partial charge on any atom is -0.353 e. The molecule has 0 aromatic heterocycles. The predicted octanol–water partition coefficient (Wildman–Crippen LogP) is 2.52. The smallest absolute Gasteiger partial charge is 0 e. The van der Waals surface area contributed by atoms with Gasteiger partial charge in [0.2, 0.25) is 0 Å². The van der Waals surface area contributed by atoms with E-state index in [0.717, 1.165) is 5.56 Å². The van der Waals surface area contributed by atoms with E-state index >= 15 is 0 Å². The standard InChI is InChI=1S/C10H12.2Y/c1-7-5-8(2)10(4)9(3)6-7;;/h1-4H3;;/q-2;;. The molecule has 60 valence electrons. The largest absolute Gasteiger partial charge is 0.353 e. The Kier molecular flexibility index (Phi) is 9.02. The summed E-state index contributed by atoms with van der Waals surface area (Å²) >= 11 is 0. The second kappa shape index (κ2) is 6.82. The van der Waals surface area contributed by atoms with Crippen molar-refractivity contribution in [3.63, 3.8) is 0 Å². The van der Waals surface area contributed by atoms with Crippen molar-refractivity contribution >= 4 is 0 Å². The molecular weight excluding hydrogens is 298 g/mol. The normalized spacial score (nSPS) is 8.33. The summed E-state index contributed by atoms with van der Waals surface area (Å²) in [4.78, 5) is 0. The third-order valence-electron chi connectivity index (χ3n) is 1.88. The van der Waals surface area contributed by atoms with Gasteiger partial charge in [0.1, 0.15) is 0 Å². The minimum absolute atomic E-state index is 0. The van der Waals surface area contributed by atoms with Crippen molar-refractivity contribution in [2.75, 3.05) is 0 Å². The Balaban J connectivity index is 0. The summed E-state index contributed by atoms with van der Waals surface area (Å²) in [6.07, 6.45) is 0. The molecule has 0 bridgehead atoms. The van der Waals surface area contributed by atoms with Gasteiger partial charge in [0.15, 0.2) is 0 Å². The molecule has 0 aliphatic rings. The van der Waals surface area contributed by atoms with E-state index in [0.29, 0.717) is 0 Å². The van der Waals surface area contributed by atoms with Crippen LogP contribution in [0, 0.1) is 39.8 Å². The summed E-state index contributed by atoms with van der Waals surface area (Å²) in [7, 11) is 0. The molecule has 0 atom stereocenters. The molecule has 1 rings (SSSR count). The van der Waals surface area contributed by atoms with Crippen molar-refractivity contribution in [2.45, 2.75) is 27.7 Å². The van der Waals surface area contributed by atoms with Crippen LogP contribution in [0.5, 0.6) is 0 Å². The first-order valence-electron chi connectivity index (χ1n) is 3.50. The van der Waals surface area contributed by atoms with Crippen LogP contribution < -0.4 is 0 Å². The quantitative estimate of drug-likeness (QED) is 0.646. The molecule has 0 aliphatic carbocycles. The van der Waals surface area contributed by atoms with Gasteiger partial charge in [-0.1, -0.05) is 20.8 Å². The zero-order valence-electron chi connectivity index (χ0n) is 8.15. The summed E-state index contributed by atoms with van der Waals surface area (Å²) in [6, 6.07) is 6.45. The number of rotatable bonds is 0. The van der Waals surface area contributed by atoms with E-state index in [1.165, 1.54) is 16.7 Å². The van der Waals surface area contributed by atoms with E-state index in [2.05, 4.69) is 32.9 Å². The molecule has 1 aromatic rings. The van der Waals surface area contributed by atoms with Crippen molar-refractivity contribution in [3.8, 4) is 0 Å². The molecule has 1 aromatic carbocycles. The molecule has 2 heteroatoms. The topological polar surface area (TPSA) is 0 Å². The second-order valence-corrected chi connectivity index (χ2v) is 2.75. The molecule has 0 heterocycles. The van der Waals surface area contributed by atoms with Crippen LogP contribution in [0.25, 0.3) is 0 Å². The summed E-state index contributed by atoms with van der Waals surface area (Å²) < 4.78 is 0. The van der Waals surface area contributed by atoms with Crippen LogP contribution in [-0.2, 0) is 65.4 Å². The summed E-state index contributed by atoms with van der Waals surface area (Å²) in [5, 5.41) is 0. The van der Waals surface area contributed by atoms with E-state index in [-0.39, 0.29) is 65.4 Å². The number of aryl methyl sites for hydroxylation is 3. The van der Waals surface area contributed by atoms with E-state index in [1.807, 2.05) is 6.92 Å². The average molecular weight is 310 g/mol. The fraction of sp³-hybridized carbons (Fsp3) is 0.400. The summed E-state index contributed by atoms with van der Waals surface area (Å²) in [6.45, 7) is 8.31. The molecule has 12 heavy (non-hydrogen) atoms. The monoisotopic (exact) mass is 310 g/mol. The first-order valence-corrected chi connectivity index (χ1v) is 3.50. The molecule has 0 spiro atoms. The van der Waals surface area contributed by atoms with Crippen LogP contribution in [-0.4, -0.2) is 0 Å². The van der Waals surface area contributed by atoms with Crippen LogP contribution in [0.2, 0.25) is 0 Å². The molecule has 2 radical (unpaired) electrons. The van der Waals surface area contributed by atoms with E-state index in [9.17, 15) is 0 Å². The van der Waals surface area contributed by atoms with Gasteiger partial charge in [-0.2, -0.15) is 0 Å². The fourth-order valence-corrected chi connectivity index (χ4v) is 1.06. The fourth-order valence-electron chi connectivity index (χ4n) is 1.06. The van der Waals surface area contributed by atoms with Gasteiger partial charge in [-0.05, 0) is 0 Å². The maximum Gasteiger partial charge on any atom is 0 e. The number of hydrogen-bond donors (Lipinski definition) is 0. The molecule has 0 N–H and O–H groups in total. The van der Waals surface area contributed by atoms with Crippen LogP contribution in [0.4, 0.5) is 0 Å². The van der Waals surface area contributed by atoms with Gasteiger partial charge < -0.3 is 12.1 Å². The van der Waals surface area contributed by atoms with Crippen LogP contribution >= 0.6 is 0 Å². The van der Waals surface area contributed by atoms with Crippen LogP contribution in [0.1, 0.15) is 22.3 Å². The maximum atomic E-state index is 3.22. The Hall–Kier alpha value is 1.43. The zero-order valence-corrected chi connectivity index (χ0v) is 13.8. The molecular formula is C10H12Y2-2. The van der Waals surface area contributed by atoms with Gasteiger partial charge in [-0.25, -0.2) is 0 Å². The average Bonchev–Trinajstić information content (AvgIpc) is 1.82. The van der Waals surface area contributed by atoms with E-state index < -0.39 is 0 Å². The molecule has 0 saturated carbocycles. The second-order valence-electron chi connectivity index (χ2n) is 2.75. The Bertz CT molecular complexity index is 231. The van der Waals surface area contributed by atoms with Gasteiger partial charge in [-0.15, -0.1) is 6.92 Å². The zero-order chi connectivity index (χ0) is 7.72. The Morgan fingerprint density at radius 1 is 0.750 bits per heavy atom. The third-order valence-corrected chi connectivity index (χ3v) is 1.88. The van der Waals surface area contributed by atoms with Crippen molar-refractivity contribution in [2.24, 2.45) is 0 Å². The molecule has 0 saturated heterocycles. The summed E-state index contributed by atoms with van der Waals surface area (Å²) in [5.41, 5.74) is 4.91. The van der Waals surface area contributed by atoms with Gasteiger partial charge in [0, 0.05) is 65.4 Å². The van der Waals surface area contributed by atoms with Crippen molar-refractivity contribution in [1.82, 2.24) is 0 Å². The molecule has 0 unspecified atom stereocenters. The summed E-state index contributed by atoms with van der Waals surface area (Å²) in [5.74, 6) is 0. The van der Waals surface area contributed by atoms with Gasteiger partial charge in [0.25, 0.3) is 0 Å². The molecule has 0 fully saturated rings. The Labute approximate surface area is 126 Å².